The van der Waals surface area contributed by atoms with Crippen LogP contribution in [0.25, 0.3) is 100 Å². The Morgan fingerprint density at radius 3 is 1.30 bits per heavy atom. The molecule has 0 bridgehead atoms. The van der Waals surface area contributed by atoms with E-state index < -0.39 is 0 Å². The quantitative estimate of drug-likeness (QED) is 0.188. The molecule has 0 saturated carbocycles. The van der Waals surface area contributed by atoms with Crippen molar-refractivity contribution in [3.8, 4) is 78.9 Å². The van der Waals surface area contributed by atoms with Gasteiger partial charge < -0.3 is 0 Å². The SMILES string of the molecule is c1ccc(-c2c3c(c(-c4ccccc4)c4ccccc24)-c2ccc(-c4nc(-c5ccccn5)nc(-c5ccccn5)n4)c4cccc-3c24)cc1. The Labute approximate surface area is 288 Å². The average Bonchev–Trinajstić information content (AvgIpc) is 3.53. The summed E-state index contributed by atoms with van der Waals surface area (Å²) in [5.41, 5.74) is 12.1. The van der Waals surface area contributed by atoms with Gasteiger partial charge in [0.05, 0.1) is 0 Å². The smallest absolute Gasteiger partial charge is 0.182 e. The van der Waals surface area contributed by atoms with Crippen LogP contribution >= 0.6 is 0 Å². The van der Waals surface area contributed by atoms with Crippen LogP contribution in [0.4, 0.5) is 0 Å². The van der Waals surface area contributed by atoms with E-state index in [0.717, 1.165) is 10.9 Å². The van der Waals surface area contributed by atoms with Gasteiger partial charge >= 0.3 is 0 Å². The van der Waals surface area contributed by atoms with E-state index in [-0.39, 0.29) is 0 Å². The van der Waals surface area contributed by atoms with Gasteiger partial charge in [-0.05, 0) is 96.4 Å². The molecule has 5 nitrogen and oxygen atoms in total. The van der Waals surface area contributed by atoms with Crippen LogP contribution in [0.2, 0.25) is 0 Å². The fraction of sp³-hybridized carbons (Fsp3) is 0. The first-order valence-electron chi connectivity index (χ1n) is 16.7. The summed E-state index contributed by atoms with van der Waals surface area (Å²) in [4.78, 5) is 24.1. The summed E-state index contributed by atoms with van der Waals surface area (Å²) in [5, 5.41) is 4.75. The molecule has 0 amide bonds. The first kappa shape index (κ1) is 28.2. The minimum atomic E-state index is 0.506. The van der Waals surface area contributed by atoms with Crippen molar-refractivity contribution in [2.24, 2.45) is 0 Å². The second-order valence-corrected chi connectivity index (χ2v) is 12.4. The summed E-state index contributed by atoms with van der Waals surface area (Å²) >= 11 is 0. The zero-order chi connectivity index (χ0) is 33.0. The molecular formula is C45H27N5. The van der Waals surface area contributed by atoms with Crippen molar-refractivity contribution in [2.75, 3.05) is 0 Å². The molecule has 6 aromatic carbocycles. The van der Waals surface area contributed by atoms with Gasteiger partial charge in [-0.1, -0.05) is 121 Å². The third kappa shape index (κ3) is 4.37. The van der Waals surface area contributed by atoms with Gasteiger partial charge in [0.1, 0.15) is 11.4 Å². The molecule has 232 valence electrons. The molecule has 0 N–H and O–H groups in total. The van der Waals surface area contributed by atoms with Crippen molar-refractivity contribution in [3.05, 3.63) is 164 Å². The van der Waals surface area contributed by atoms with Crippen LogP contribution in [0.15, 0.2) is 164 Å². The van der Waals surface area contributed by atoms with E-state index in [2.05, 4.69) is 125 Å². The van der Waals surface area contributed by atoms with Crippen LogP contribution < -0.4 is 0 Å². The molecule has 0 aliphatic heterocycles. The third-order valence-electron chi connectivity index (χ3n) is 9.58. The molecule has 0 saturated heterocycles. The topological polar surface area (TPSA) is 64.5 Å². The Kier molecular flexibility index (Phi) is 6.42. The van der Waals surface area contributed by atoms with Crippen LogP contribution in [0.5, 0.6) is 0 Å². The second kappa shape index (κ2) is 11.4. The number of nitrogens with zero attached hydrogens (tertiary/aromatic N) is 5. The fourth-order valence-electron chi connectivity index (χ4n) is 7.52. The third-order valence-corrected chi connectivity index (χ3v) is 9.58. The summed E-state index contributed by atoms with van der Waals surface area (Å²) in [7, 11) is 0. The molecule has 9 aromatic rings. The zero-order valence-corrected chi connectivity index (χ0v) is 26.8. The molecule has 50 heavy (non-hydrogen) atoms. The van der Waals surface area contributed by atoms with Crippen LogP contribution in [0, 0.1) is 0 Å². The number of hydrogen-bond donors (Lipinski definition) is 0. The Hall–Kier alpha value is -6.85. The van der Waals surface area contributed by atoms with E-state index in [1.807, 2.05) is 36.4 Å². The summed E-state index contributed by atoms with van der Waals surface area (Å²) in [6, 6.07) is 53.0. The molecule has 5 heteroatoms. The van der Waals surface area contributed by atoms with Gasteiger partial charge in [0.2, 0.25) is 0 Å². The summed E-state index contributed by atoms with van der Waals surface area (Å²) in [6.45, 7) is 0. The Balaban J connectivity index is 1.30. The fourth-order valence-corrected chi connectivity index (χ4v) is 7.52. The van der Waals surface area contributed by atoms with Crippen LogP contribution in [0.3, 0.4) is 0 Å². The van der Waals surface area contributed by atoms with Crippen LogP contribution in [-0.2, 0) is 0 Å². The van der Waals surface area contributed by atoms with Crippen molar-refractivity contribution < 1.29 is 0 Å². The lowest BCUT2D eigenvalue weighted by atomic mass is 9.82. The van der Waals surface area contributed by atoms with E-state index >= 15 is 0 Å². The van der Waals surface area contributed by atoms with Crippen LogP contribution in [0.1, 0.15) is 0 Å². The van der Waals surface area contributed by atoms with E-state index in [1.165, 1.54) is 60.7 Å². The number of pyridine rings is 2. The lowest BCUT2D eigenvalue weighted by Gasteiger charge is -2.20. The van der Waals surface area contributed by atoms with Crippen molar-refractivity contribution in [1.82, 2.24) is 24.9 Å². The van der Waals surface area contributed by atoms with Crippen LogP contribution in [-0.4, -0.2) is 24.9 Å². The summed E-state index contributed by atoms with van der Waals surface area (Å²) < 4.78 is 0. The van der Waals surface area contributed by atoms with E-state index in [4.69, 9.17) is 15.0 Å². The average molecular weight is 638 g/mol. The minimum absolute atomic E-state index is 0.506. The van der Waals surface area contributed by atoms with Crippen molar-refractivity contribution in [1.29, 1.82) is 0 Å². The first-order chi connectivity index (χ1) is 24.8. The number of hydrogen-bond acceptors (Lipinski definition) is 5. The maximum absolute atomic E-state index is 5.04. The Morgan fingerprint density at radius 1 is 0.300 bits per heavy atom. The number of rotatable bonds is 5. The van der Waals surface area contributed by atoms with E-state index in [1.54, 1.807) is 12.4 Å². The highest BCUT2D eigenvalue weighted by molar-refractivity contribution is 6.28. The van der Waals surface area contributed by atoms with Gasteiger partial charge in [0.15, 0.2) is 17.5 Å². The number of aromatic nitrogens is 5. The predicted molar refractivity (Wildman–Crippen MR) is 202 cm³/mol. The first-order valence-corrected chi connectivity index (χ1v) is 16.7. The highest BCUT2D eigenvalue weighted by Crippen LogP contribution is 2.58. The second-order valence-electron chi connectivity index (χ2n) is 12.4. The van der Waals surface area contributed by atoms with Crippen molar-refractivity contribution in [3.63, 3.8) is 0 Å². The molecule has 0 unspecified atom stereocenters. The molecule has 0 radical (unpaired) electrons. The standard InChI is InChI=1S/C45H27N5/c1-3-14-28(15-4-1)38-30-18-7-8-19-31(30)39(29-16-5-2-6-17-29)42-35-25-24-33(32-20-13-21-34(40(32)35)41(38)42)43-48-44(36-22-9-11-26-46-36)50-45(49-43)37-23-10-12-27-47-37/h1-27H. The van der Waals surface area contributed by atoms with E-state index in [9.17, 15) is 0 Å². The molecule has 1 aliphatic rings. The summed E-state index contributed by atoms with van der Waals surface area (Å²) in [6.07, 6.45) is 3.52. The largest absolute Gasteiger partial charge is 0.253 e. The van der Waals surface area contributed by atoms with Crippen molar-refractivity contribution >= 4 is 21.5 Å². The highest BCUT2D eigenvalue weighted by atomic mass is 15.1. The molecule has 0 fully saturated rings. The molecule has 0 atom stereocenters. The zero-order valence-electron chi connectivity index (χ0n) is 26.8. The van der Waals surface area contributed by atoms with Gasteiger partial charge in [0, 0.05) is 18.0 Å². The van der Waals surface area contributed by atoms with Gasteiger partial charge in [-0.25, -0.2) is 15.0 Å². The van der Waals surface area contributed by atoms with Crippen molar-refractivity contribution in [2.45, 2.75) is 0 Å². The maximum Gasteiger partial charge on any atom is 0.182 e. The molecule has 0 spiro atoms. The summed E-state index contributed by atoms with van der Waals surface area (Å²) in [5.74, 6) is 1.59. The highest BCUT2D eigenvalue weighted by Gasteiger charge is 2.31. The van der Waals surface area contributed by atoms with Gasteiger partial charge in [-0.15, -0.1) is 0 Å². The van der Waals surface area contributed by atoms with E-state index in [0.29, 0.717) is 28.9 Å². The maximum atomic E-state index is 5.04. The Bertz CT molecular complexity index is 2580. The predicted octanol–water partition coefficient (Wildman–Crippen LogP) is 11.0. The monoisotopic (exact) mass is 637 g/mol. The minimum Gasteiger partial charge on any atom is -0.253 e. The molecule has 1 aliphatic carbocycles. The molecule has 3 heterocycles. The number of fused-ring (bicyclic) bond motifs is 4. The van der Waals surface area contributed by atoms with Gasteiger partial charge in [-0.3, -0.25) is 9.97 Å². The van der Waals surface area contributed by atoms with Gasteiger partial charge in [-0.2, -0.15) is 0 Å². The Morgan fingerprint density at radius 2 is 0.760 bits per heavy atom. The van der Waals surface area contributed by atoms with Gasteiger partial charge in [0.25, 0.3) is 0 Å². The molecular weight excluding hydrogens is 611 g/mol. The number of benzene rings is 6. The lowest BCUT2D eigenvalue weighted by Crippen LogP contribution is -2.02. The lowest BCUT2D eigenvalue weighted by molar-refractivity contribution is 1.05. The molecule has 10 rings (SSSR count). The molecule has 3 aromatic heterocycles. The normalized spacial score (nSPS) is 11.6.